The molecule has 0 saturated heterocycles. The molecule has 0 bridgehead atoms. The monoisotopic (exact) mass is 509 g/mol. The lowest BCUT2D eigenvalue weighted by atomic mass is 10.2. The number of nitrogens with one attached hydrogen (secondary N) is 3. The van der Waals surface area contributed by atoms with Crippen molar-refractivity contribution in [2.24, 2.45) is 0 Å². The van der Waals surface area contributed by atoms with E-state index in [4.69, 9.17) is 0 Å². The van der Waals surface area contributed by atoms with E-state index in [1.54, 1.807) is 31.3 Å². The number of hydrogen-bond donors (Lipinski definition) is 4. The SMILES string of the molecule is C[C@H](CO)Nc1nc(Nc2cccc(S(=O)(=O)NCc3cccc(F)c3)c2)ncc1Br. The second kappa shape index (κ2) is 10.1. The fourth-order valence-corrected chi connectivity index (χ4v) is 3.96. The topological polar surface area (TPSA) is 116 Å². The lowest BCUT2D eigenvalue weighted by Crippen LogP contribution is -2.23. The fraction of sp³-hybridized carbons (Fsp3) is 0.200. The second-order valence-electron chi connectivity index (χ2n) is 6.73. The third-order valence-electron chi connectivity index (χ3n) is 4.16. The van der Waals surface area contributed by atoms with Crippen molar-refractivity contribution in [2.45, 2.75) is 24.4 Å². The van der Waals surface area contributed by atoms with Crippen LogP contribution < -0.4 is 15.4 Å². The zero-order valence-corrected chi connectivity index (χ0v) is 18.9. The Hall–Kier alpha value is -2.60. The highest BCUT2D eigenvalue weighted by Crippen LogP contribution is 2.23. The summed E-state index contributed by atoms with van der Waals surface area (Å²) < 4.78 is 41.7. The molecule has 8 nitrogen and oxygen atoms in total. The third kappa shape index (κ3) is 6.44. The van der Waals surface area contributed by atoms with Crippen molar-refractivity contribution < 1.29 is 17.9 Å². The molecule has 1 atom stereocenters. The van der Waals surface area contributed by atoms with Gasteiger partial charge in [-0.05, 0) is 58.7 Å². The van der Waals surface area contributed by atoms with Gasteiger partial charge in [-0.3, -0.25) is 0 Å². The minimum Gasteiger partial charge on any atom is -0.394 e. The van der Waals surface area contributed by atoms with Crippen LogP contribution in [-0.4, -0.2) is 36.1 Å². The Morgan fingerprint density at radius 1 is 1.19 bits per heavy atom. The predicted molar refractivity (Wildman–Crippen MR) is 120 cm³/mol. The van der Waals surface area contributed by atoms with E-state index >= 15 is 0 Å². The average Bonchev–Trinajstić information content (AvgIpc) is 2.75. The Bertz CT molecular complexity index is 1160. The standard InChI is InChI=1S/C20H21BrFN5O3S/c1-13(12-28)25-19-18(21)11-23-20(27-19)26-16-6-3-7-17(9-16)31(29,30)24-10-14-4-2-5-15(22)8-14/h2-9,11,13,24,28H,10,12H2,1H3,(H2,23,25,26,27)/t13-/m1/s1. The highest BCUT2D eigenvalue weighted by Gasteiger charge is 2.15. The van der Waals surface area contributed by atoms with Crippen LogP contribution in [0.15, 0.2) is 64.1 Å². The molecule has 0 aliphatic rings. The quantitative estimate of drug-likeness (QED) is 0.349. The van der Waals surface area contributed by atoms with Gasteiger partial charge in [-0.2, -0.15) is 4.98 Å². The number of nitrogens with zero attached hydrogens (tertiary/aromatic N) is 2. The molecule has 4 N–H and O–H groups in total. The van der Waals surface area contributed by atoms with Gasteiger partial charge in [0.25, 0.3) is 0 Å². The van der Waals surface area contributed by atoms with Crippen molar-refractivity contribution in [1.82, 2.24) is 14.7 Å². The summed E-state index contributed by atoms with van der Waals surface area (Å²) >= 11 is 3.34. The summed E-state index contributed by atoms with van der Waals surface area (Å²) in [6, 6.07) is 11.7. The van der Waals surface area contributed by atoms with Gasteiger partial charge < -0.3 is 15.7 Å². The van der Waals surface area contributed by atoms with Gasteiger partial charge in [-0.25, -0.2) is 22.5 Å². The average molecular weight is 510 g/mol. The van der Waals surface area contributed by atoms with Gasteiger partial charge in [-0.15, -0.1) is 0 Å². The summed E-state index contributed by atoms with van der Waals surface area (Å²) in [5.74, 6) is 0.303. The first kappa shape index (κ1) is 23.1. The van der Waals surface area contributed by atoms with Gasteiger partial charge in [0.1, 0.15) is 11.6 Å². The van der Waals surface area contributed by atoms with Crippen LogP contribution in [0.1, 0.15) is 12.5 Å². The summed E-state index contributed by atoms with van der Waals surface area (Å²) in [5.41, 5.74) is 0.982. The molecule has 0 saturated carbocycles. The zero-order chi connectivity index (χ0) is 22.4. The van der Waals surface area contributed by atoms with E-state index in [1.807, 2.05) is 0 Å². The van der Waals surface area contributed by atoms with Crippen molar-refractivity contribution >= 4 is 43.4 Å². The van der Waals surface area contributed by atoms with E-state index in [9.17, 15) is 17.9 Å². The lowest BCUT2D eigenvalue weighted by molar-refractivity contribution is 0.281. The van der Waals surface area contributed by atoms with E-state index < -0.39 is 15.8 Å². The summed E-state index contributed by atoms with van der Waals surface area (Å²) in [4.78, 5) is 8.55. The maximum absolute atomic E-state index is 13.3. The number of benzene rings is 2. The molecule has 0 radical (unpaired) electrons. The molecule has 0 spiro atoms. The summed E-state index contributed by atoms with van der Waals surface area (Å²) in [6.07, 6.45) is 1.54. The molecule has 0 aliphatic heterocycles. The van der Waals surface area contributed by atoms with E-state index in [1.165, 1.54) is 30.3 Å². The van der Waals surface area contributed by atoms with E-state index in [0.29, 0.717) is 21.5 Å². The summed E-state index contributed by atoms with van der Waals surface area (Å²) in [5, 5.41) is 15.2. The van der Waals surface area contributed by atoms with Gasteiger partial charge in [0.2, 0.25) is 16.0 Å². The van der Waals surface area contributed by atoms with Crippen molar-refractivity contribution in [3.8, 4) is 0 Å². The highest BCUT2D eigenvalue weighted by atomic mass is 79.9. The molecule has 164 valence electrons. The molecule has 0 fully saturated rings. The second-order valence-corrected chi connectivity index (χ2v) is 9.35. The van der Waals surface area contributed by atoms with Crippen LogP contribution in [0.3, 0.4) is 0 Å². The van der Waals surface area contributed by atoms with Crippen LogP contribution in [-0.2, 0) is 16.6 Å². The lowest BCUT2D eigenvalue weighted by Gasteiger charge is -2.14. The highest BCUT2D eigenvalue weighted by molar-refractivity contribution is 9.10. The van der Waals surface area contributed by atoms with Crippen molar-refractivity contribution in [3.63, 3.8) is 0 Å². The molecule has 2 aromatic carbocycles. The zero-order valence-electron chi connectivity index (χ0n) is 16.5. The molecule has 0 amide bonds. The molecule has 11 heteroatoms. The van der Waals surface area contributed by atoms with Crippen molar-refractivity contribution in [1.29, 1.82) is 0 Å². The molecule has 1 aromatic heterocycles. The van der Waals surface area contributed by atoms with Crippen molar-refractivity contribution in [2.75, 3.05) is 17.2 Å². The Labute approximate surface area is 188 Å². The van der Waals surface area contributed by atoms with Crippen LogP contribution >= 0.6 is 15.9 Å². The predicted octanol–water partition coefficient (Wildman–Crippen LogP) is 3.39. The van der Waals surface area contributed by atoms with Gasteiger partial charge in [-0.1, -0.05) is 18.2 Å². The third-order valence-corrected chi connectivity index (χ3v) is 6.14. The molecule has 3 aromatic rings. The van der Waals surface area contributed by atoms with Crippen molar-refractivity contribution in [3.05, 3.63) is 70.6 Å². The number of aromatic nitrogens is 2. The summed E-state index contributed by atoms with van der Waals surface area (Å²) in [7, 11) is -3.82. The van der Waals surface area contributed by atoms with Crippen LogP contribution in [0.25, 0.3) is 0 Å². The number of sulfonamides is 1. The van der Waals surface area contributed by atoms with Crippen LogP contribution in [0.5, 0.6) is 0 Å². The maximum Gasteiger partial charge on any atom is 0.240 e. The van der Waals surface area contributed by atoms with Crippen LogP contribution in [0.2, 0.25) is 0 Å². The van der Waals surface area contributed by atoms with Gasteiger partial charge in [0.05, 0.1) is 16.0 Å². The molecule has 3 rings (SSSR count). The largest absolute Gasteiger partial charge is 0.394 e. The first-order valence-electron chi connectivity index (χ1n) is 9.28. The molecule has 1 heterocycles. The number of aliphatic hydroxyl groups excluding tert-OH is 1. The molecular weight excluding hydrogens is 489 g/mol. The fourth-order valence-electron chi connectivity index (χ4n) is 2.59. The Morgan fingerprint density at radius 3 is 2.71 bits per heavy atom. The number of halogens is 2. The van der Waals surface area contributed by atoms with Crippen LogP contribution in [0.4, 0.5) is 21.8 Å². The van der Waals surface area contributed by atoms with Gasteiger partial charge in [0, 0.05) is 24.5 Å². The number of rotatable bonds is 9. The maximum atomic E-state index is 13.3. The molecular formula is C20H21BrFN5O3S. The van der Waals surface area contributed by atoms with Gasteiger partial charge >= 0.3 is 0 Å². The Morgan fingerprint density at radius 2 is 1.97 bits per heavy atom. The Balaban J connectivity index is 1.74. The normalized spacial score (nSPS) is 12.4. The summed E-state index contributed by atoms with van der Waals surface area (Å²) in [6.45, 7) is 1.69. The van der Waals surface area contributed by atoms with Gasteiger partial charge in [0.15, 0.2) is 0 Å². The molecule has 31 heavy (non-hydrogen) atoms. The molecule has 0 aliphatic carbocycles. The minimum atomic E-state index is -3.82. The number of anilines is 3. The number of aliphatic hydroxyl groups is 1. The van der Waals surface area contributed by atoms with Crippen LogP contribution in [0, 0.1) is 5.82 Å². The molecule has 0 unspecified atom stereocenters. The van der Waals surface area contributed by atoms with E-state index in [2.05, 4.69) is 41.3 Å². The smallest absolute Gasteiger partial charge is 0.240 e. The first-order chi connectivity index (χ1) is 14.8. The minimum absolute atomic E-state index is 0.0361. The van der Waals surface area contributed by atoms with E-state index in [0.717, 1.165) is 0 Å². The Kier molecular flexibility index (Phi) is 7.55. The first-order valence-corrected chi connectivity index (χ1v) is 11.6. The van der Waals surface area contributed by atoms with E-state index in [-0.39, 0.29) is 30.0 Å². The number of hydrogen-bond acceptors (Lipinski definition) is 7.